The van der Waals surface area contributed by atoms with Gasteiger partial charge in [-0.05, 0) is 132 Å². The summed E-state index contributed by atoms with van der Waals surface area (Å²) >= 11 is 0. The number of hydrogen-bond acceptors (Lipinski definition) is 21. The Morgan fingerprint density at radius 1 is 0.407 bits per heavy atom. The summed E-state index contributed by atoms with van der Waals surface area (Å²) in [7, 11) is 0. The predicted octanol–water partition coefficient (Wildman–Crippen LogP) is 10.7. The number of carbonyl (C=O) groups is 7. The molecule has 0 aromatic rings. The average Bonchev–Trinajstić information content (AvgIpc) is 3.26. The maximum Gasteiger partial charge on any atom is 0.323 e. The molecule has 1 fully saturated rings. The van der Waals surface area contributed by atoms with Gasteiger partial charge in [0.15, 0.2) is 5.78 Å². The van der Waals surface area contributed by atoms with Crippen LogP contribution in [0.3, 0.4) is 0 Å². The number of aliphatic hydroxyl groups is 1. The van der Waals surface area contributed by atoms with Crippen molar-refractivity contribution < 1.29 is 67.1 Å². The Bertz CT molecular complexity index is 1840. The number of ketones is 1. The number of esters is 6. The molecule has 1 rings (SSSR count). The first-order valence-electron chi connectivity index (χ1n) is 34.2. The van der Waals surface area contributed by atoms with Crippen LogP contribution < -0.4 is 37.2 Å². The van der Waals surface area contributed by atoms with Gasteiger partial charge in [-0.25, -0.2) is 0 Å². The van der Waals surface area contributed by atoms with Crippen LogP contribution in [0.25, 0.3) is 0 Å². The van der Waals surface area contributed by atoms with E-state index in [0.29, 0.717) is 55.4 Å². The number of aliphatic hydroxyl groups excluding tert-OH is 1. The number of nitrogens with one attached hydrogen (secondary N) is 7. The average molecular weight is 1310 g/mol. The lowest BCUT2D eigenvalue weighted by molar-refractivity contribution is -0.153. The summed E-state index contributed by atoms with van der Waals surface area (Å²) in [6.07, 6.45) is 6.64. The van der Waals surface area contributed by atoms with Gasteiger partial charge in [-0.1, -0.05) is 152 Å². The molecular weight excluding hydrogens is 1160 g/mol. The number of rotatable bonds is 31. The van der Waals surface area contributed by atoms with Gasteiger partial charge in [0, 0.05) is 42.3 Å². The molecule has 0 heterocycles. The zero-order valence-corrected chi connectivity index (χ0v) is 64.2. The molecule has 7 atom stereocenters. The van der Waals surface area contributed by atoms with E-state index < -0.39 is 0 Å². The first kappa shape index (κ1) is 98.2. The summed E-state index contributed by atoms with van der Waals surface area (Å²) in [5.41, 5.74) is 0.0349. The van der Waals surface area contributed by atoms with Crippen molar-refractivity contribution in [1.82, 2.24) is 37.2 Å². The molecule has 0 amide bonds. The Morgan fingerprint density at radius 3 is 1.05 bits per heavy atom. The van der Waals surface area contributed by atoms with E-state index in [1.807, 2.05) is 194 Å². The topological polar surface area (TPSA) is 279 Å². The first-order valence-corrected chi connectivity index (χ1v) is 34.2. The van der Waals surface area contributed by atoms with E-state index in [1.54, 1.807) is 20.8 Å². The highest BCUT2D eigenvalue weighted by molar-refractivity contribution is 5.84. The molecule has 0 aromatic heterocycles. The Hall–Kier alpha value is -3.83. The third kappa shape index (κ3) is 67.4. The molecule has 544 valence electrons. The summed E-state index contributed by atoms with van der Waals surface area (Å²) < 4.78 is 30.8. The number of carbonyl (C=O) groups excluding carboxylic acids is 7. The molecular formula is C70H145N7O14. The van der Waals surface area contributed by atoms with Crippen LogP contribution in [0.1, 0.15) is 267 Å². The minimum Gasteiger partial charge on any atom is -0.465 e. The minimum absolute atomic E-state index is 0.0334. The van der Waals surface area contributed by atoms with Crippen molar-refractivity contribution in [2.75, 3.05) is 19.8 Å². The van der Waals surface area contributed by atoms with Crippen molar-refractivity contribution in [1.29, 1.82) is 0 Å². The lowest BCUT2D eigenvalue weighted by atomic mass is 9.98. The fourth-order valence-electron chi connectivity index (χ4n) is 8.08. The maximum atomic E-state index is 11.7. The highest BCUT2D eigenvalue weighted by Gasteiger charge is 2.26. The van der Waals surface area contributed by atoms with E-state index in [2.05, 4.69) is 51.1 Å². The smallest absolute Gasteiger partial charge is 0.323 e. The molecule has 0 aromatic carbocycles. The second kappa shape index (κ2) is 56.5. The van der Waals surface area contributed by atoms with Crippen LogP contribution in [0.5, 0.6) is 0 Å². The molecule has 0 bridgehead atoms. The molecule has 7 unspecified atom stereocenters. The van der Waals surface area contributed by atoms with E-state index >= 15 is 0 Å². The lowest BCUT2D eigenvalue weighted by Crippen LogP contribution is -2.46. The van der Waals surface area contributed by atoms with E-state index in [-0.39, 0.29) is 132 Å². The zero-order valence-electron chi connectivity index (χ0n) is 64.2. The van der Waals surface area contributed by atoms with Gasteiger partial charge in [-0.15, -0.1) is 0 Å². The molecule has 0 saturated heterocycles. The Labute approximate surface area is 556 Å². The summed E-state index contributed by atoms with van der Waals surface area (Å²) in [5.74, 6) is -0.335. The van der Waals surface area contributed by atoms with E-state index in [1.165, 1.54) is 19.3 Å². The van der Waals surface area contributed by atoms with Crippen LogP contribution in [0, 0.1) is 17.3 Å². The Balaban J connectivity index is -0.000000233. The maximum absolute atomic E-state index is 11.7. The van der Waals surface area contributed by atoms with Gasteiger partial charge in [-0.3, -0.25) is 33.6 Å². The lowest BCUT2D eigenvalue weighted by Gasteiger charge is -2.24. The summed E-state index contributed by atoms with van der Waals surface area (Å²) in [4.78, 5) is 79.4. The largest absolute Gasteiger partial charge is 0.465 e. The summed E-state index contributed by atoms with van der Waals surface area (Å²) in [5, 5.41) is 30.3. The van der Waals surface area contributed by atoms with Crippen molar-refractivity contribution in [3.63, 3.8) is 0 Å². The molecule has 0 spiro atoms. The second-order valence-corrected chi connectivity index (χ2v) is 28.5. The SMILES string of the molecule is CC(C)CC(NC(C)C)C(=O)OC(C)C.CC(C)NC(C(=O)OC(C)C)C(C)C.CC(C)NC(C)C(=O)CO.CC(C)NC(C)C(=O)OC(C)C.CC(C)NC(C)C(=O)OC1CCCCC1.CC(C)NC(C)C(=O)OCC(C)(C)C.CCOC(=O)C(C)NC(C)C. The van der Waals surface area contributed by atoms with Crippen molar-refractivity contribution >= 4 is 41.6 Å². The fourth-order valence-corrected chi connectivity index (χ4v) is 8.08. The first-order chi connectivity index (χ1) is 41.6. The van der Waals surface area contributed by atoms with Gasteiger partial charge >= 0.3 is 35.8 Å². The van der Waals surface area contributed by atoms with Gasteiger partial charge in [0.1, 0.15) is 49.0 Å². The fraction of sp³-hybridized carbons (Fsp3) is 0.900. The van der Waals surface area contributed by atoms with Gasteiger partial charge < -0.3 is 70.7 Å². The van der Waals surface area contributed by atoms with Crippen LogP contribution in [0.15, 0.2) is 0 Å². The monoisotopic (exact) mass is 1310 g/mol. The molecule has 1 aliphatic rings. The zero-order chi connectivity index (χ0) is 72.6. The van der Waals surface area contributed by atoms with Crippen LogP contribution in [-0.2, 0) is 62.0 Å². The number of hydrogen-bond donors (Lipinski definition) is 8. The van der Waals surface area contributed by atoms with Crippen molar-refractivity contribution in [2.45, 2.75) is 376 Å². The van der Waals surface area contributed by atoms with Crippen LogP contribution in [0.2, 0.25) is 0 Å². The molecule has 8 N–H and O–H groups in total. The standard InChI is InChI=1S/C12H23NO2.C12H25NO2.2C11H23NO2.C9H19NO2.C8H17NO2.C7H15NO2/c1-9(2)13-10(3)12(14)15-11-7-5-4-6-8-11;1-8(2)7-11(13-9(3)4)12(14)15-10(5)6;1-8(2)12-9(3)10(13)14-7-11(4,5)6;1-7(2)10(12-8(3)4)11(13)14-9(5)6;1-6(2)10-8(5)9(11)12-7(3)4;1-5-11-8(10)7(4)9-6(2)3;1-5(2)8-6(3)7(10)4-9/h9-11,13H,4-8H2,1-3H3;8-11,13H,7H2,1-6H3;8-9,12H,7H2,1-6H3;7-10,12H,1-6H3;6-8,10H,1-5H3;6-7,9H,5H2,1-4H3;5-6,8-9H,4H2,1-3H3. The van der Waals surface area contributed by atoms with Gasteiger partial charge in [0.2, 0.25) is 0 Å². The van der Waals surface area contributed by atoms with E-state index in [9.17, 15) is 33.6 Å². The minimum atomic E-state index is -0.374. The molecule has 0 radical (unpaired) electrons. The molecule has 1 aliphatic carbocycles. The molecule has 1 saturated carbocycles. The number of Topliss-reactive ketones (excluding diaryl/α,β-unsaturated/α-hetero) is 1. The van der Waals surface area contributed by atoms with Crippen molar-refractivity contribution in [3.05, 3.63) is 0 Å². The highest BCUT2D eigenvalue weighted by atomic mass is 16.6. The van der Waals surface area contributed by atoms with Crippen molar-refractivity contribution in [3.8, 4) is 0 Å². The van der Waals surface area contributed by atoms with Crippen LogP contribution in [0.4, 0.5) is 0 Å². The van der Waals surface area contributed by atoms with Gasteiger partial charge in [0.05, 0.1) is 37.6 Å². The van der Waals surface area contributed by atoms with Crippen LogP contribution in [-0.4, -0.2) is 176 Å². The molecule has 21 heteroatoms. The van der Waals surface area contributed by atoms with Crippen molar-refractivity contribution in [2.24, 2.45) is 17.3 Å². The third-order valence-electron chi connectivity index (χ3n) is 11.8. The Morgan fingerprint density at radius 2 is 0.736 bits per heavy atom. The van der Waals surface area contributed by atoms with E-state index in [0.717, 1.165) is 19.3 Å². The molecule has 91 heavy (non-hydrogen) atoms. The quantitative estimate of drug-likeness (QED) is 0.0237. The Kier molecular flexibility index (Phi) is 61.0. The normalized spacial score (nSPS) is 14.8. The third-order valence-corrected chi connectivity index (χ3v) is 11.8. The highest BCUT2D eigenvalue weighted by Crippen LogP contribution is 2.21. The van der Waals surface area contributed by atoms with E-state index in [4.69, 9.17) is 33.5 Å². The van der Waals surface area contributed by atoms with Crippen LogP contribution >= 0.6 is 0 Å². The molecule has 21 nitrogen and oxygen atoms in total. The predicted molar refractivity (Wildman–Crippen MR) is 373 cm³/mol. The summed E-state index contributed by atoms with van der Waals surface area (Å²) in [6, 6.07) is 0.683. The van der Waals surface area contributed by atoms with Gasteiger partial charge in [-0.2, -0.15) is 0 Å². The number of ether oxygens (including phenoxy) is 6. The summed E-state index contributed by atoms with van der Waals surface area (Å²) in [6.45, 7) is 65.1. The van der Waals surface area contributed by atoms with Gasteiger partial charge in [0.25, 0.3) is 0 Å². The second-order valence-electron chi connectivity index (χ2n) is 28.5. The molecule has 0 aliphatic heterocycles.